The Bertz CT molecular complexity index is 1120. The van der Waals surface area contributed by atoms with Gasteiger partial charge in [-0.3, -0.25) is 4.98 Å². The molecule has 0 unspecified atom stereocenters. The predicted molar refractivity (Wildman–Crippen MR) is 104 cm³/mol. The first kappa shape index (κ1) is 16.7. The third kappa shape index (κ3) is 3.07. The van der Waals surface area contributed by atoms with Crippen molar-refractivity contribution in [1.29, 1.82) is 0 Å². The third-order valence-electron chi connectivity index (χ3n) is 3.99. The number of hydrogen-bond acceptors (Lipinski definition) is 5. The van der Waals surface area contributed by atoms with E-state index in [1.807, 2.05) is 30.3 Å². The van der Waals surface area contributed by atoms with E-state index >= 15 is 0 Å². The zero-order valence-electron chi connectivity index (χ0n) is 13.7. The van der Waals surface area contributed by atoms with Gasteiger partial charge in [0.25, 0.3) is 10.0 Å². The standard InChI is InChI=1S/C19H15N3O2S2/c23-26(24,17-9-2-1-3-10-17)22(19-21-12-13-25-19)14-16-7-4-6-15-8-5-11-20-18(15)16/h1-13H,14H2. The number of thiazole rings is 1. The topological polar surface area (TPSA) is 63.2 Å². The summed E-state index contributed by atoms with van der Waals surface area (Å²) < 4.78 is 27.8. The second-order valence-electron chi connectivity index (χ2n) is 5.63. The minimum atomic E-state index is -3.74. The van der Waals surface area contributed by atoms with E-state index < -0.39 is 10.0 Å². The van der Waals surface area contributed by atoms with Gasteiger partial charge in [0.1, 0.15) is 0 Å². The monoisotopic (exact) mass is 381 g/mol. The Morgan fingerprint density at radius 1 is 0.885 bits per heavy atom. The van der Waals surface area contributed by atoms with Crippen LogP contribution >= 0.6 is 11.3 Å². The van der Waals surface area contributed by atoms with Crippen LogP contribution in [0.4, 0.5) is 5.13 Å². The molecule has 0 bridgehead atoms. The number of para-hydroxylation sites is 1. The summed E-state index contributed by atoms with van der Waals surface area (Å²) in [6.45, 7) is 0.166. The van der Waals surface area contributed by atoms with Gasteiger partial charge in [0.05, 0.1) is 17.0 Å². The Hall–Kier alpha value is -2.77. The Balaban J connectivity index is 1.83. The first-order chi connectivity index (χ1) is 12.7. The summed E-state index contributed by atoms with van der Waals surface area (Å²) in [7, 11) is -3.74. The van der Waals surface area contributed by atoms with E-state index in [1.54, 1.807) is 48.1 Å². The van der Waals surface area contributed by atoms with E-state index in [1.165, 1.54) is 15.6 Å². The van der Waals surface area contributed by atoms with Gasteiger partial charge in [0, 0.05) is 23.2 Å². The van der Waals surface area contributed by atoms with Gasteiger partial charge in [0.2, 0.25) is 0 Å². The fourth-order valence-electron chi connectivity index (χ4n) is 2.76. The van der Waals surface area contributed by atoms with Crippen LogP contribution in [-0.4, -0.2) is 18.4 Å². The van der Waals surface area contributed by atoms with Crippen molar-refractivity contribution in [3.05, 3.63) is 84.0 Å². The van der Waals surface area contributed by atoms with Crippen molar-refractivity contribution in [2.75, 3.05) is 4.31 Å². The first-order valence-electron chi connectivity index (χ1n) is 7.96. The number of nitrogens with zero attached hydrogens (tertiary/aromatic N) is 3. The average Bonchev–Trinajstić information content (AvgIpc) is 3.21. The molecule has 2 aromatic carbocycles. The van der Waals surface area contributed by atoms with E-state index in [9.17, 15) is 8.42 Å². The van der Waals surface area contributed by atoms with E-state index in [0.717, 1.165) is 16.5 Å². The van der Waals surface area contributed by atoms with Crippen LogP contribution in [0.2, 0.25) is 0 Å². The van der Waals surface area contributed by atoms with E-state index in [4.69, 9.17) is 0 Å². The quantitative estimate of drug-likeness (QED) is 0.522. The molecule has 0 aliphatic carbocycles. The molecular weight excluding hydrogens is 366 g/mol. The molecule has 2 heterocycles. The largest absolute Gasteiger partial charge is 0.266 e. The van der Waals surface area contributed by atoms with Gasteiger partial charge in [-0.15, -0.1) is 11.3 Å². The Kier molecular flexibility index (Phi) is 4.40. The molecule has 5 nitrogen and oxygen atoms in total. The molecule has 0 saturated heterocycles. The summed E-state index contributed by atoms with van der Waals surface area (Å²) in [5.41, 5.74) is 1.62. The highest BCUT2D eigenvalue weighted by atomic mass is 32.2. The van der Waals surface area contributed by atoms with Gasteiger partial charge in [-0.25, -0.2) is 17.7 Å². The van der Waals surface area contributed by atoms with Crippen LogP contribution in [0.3, 0.4) is 0 Å². The third-order valence-corrected chi connectivity index (χ3v) is 6.65. The lowest BCUT2D eigenvalue weighted by atomic mass is 10.1. The average molecular weight is 381 g/mol. The number of sulfonamides is 1. The van der Waals surface area contributed by atoms with Crippen LogP contribution in [0.5, 0.6) is 0 Å². The summed E-state index contributed by atoms with van der Waals surface area (Å²) in [4.78, 5) is 8.90. The van der Waals surface area contributed by atoms with Crippen LogP contribution in [0.15, 0.2) is 83.3 Å². The highest BCUT2D eigenvalue weighted by molar-refractivity contribution is 7.93. The fourth-order valence-corrected chi connectivity index (χ4v) is 5.05. The molecular formula is C19H15N3O2S2. The second kappa shape index (κ2) is 6.86. The van der Waals surface area contributed by atoms with Crippen LogP contribution < -0.4 is 4.31 Å². The Labute approximate surface area is 155 Å². The van der Waals surface area contributed by atoms with Crippen molar-refractivity contribution in [3.63, 3.8) is 0 Å². The molecule has 0 atom stereocenters. The maximum atomic E-state index is 13.2. The van der Waals surface area contributed by atoms with Gasteiger partial charge in [-0.1, -0.05) is 42.5 Å². The first-order valence-corrected chi connectivity index (χ1v) is 10.3. The molecule has 0 N–H and O–H groups in total. The van der Waals surface area contributed by atoms with Gasteiger partial charge in [-0.05, 0) is 23.8 Å². The van der Waals surface area contributed by atoms with Gasteiger partial charge >= 0.3 is 0 Å². The maximum absolute atomic E-state index is 13.2. The Morgan fingerprint density at radius 2 is 1.69 bits per heavy atom. The highest BCUT2D eigenvalue weighted by Gasteiger charge is 2.27. The second-order valence-corrected chi connectivity index (χ2v) is 8.37. The van der Waals surface area contributed by atoms with Crippen molar-refractivity contribution < 1.29 is 8.42 Å². The molecule has 2 aromatic heterocycles. The summed E-state index contributed by atoms with van der Waals surface area (Å²) in [6, 6.07) is 18.0. The van der Waals surface area contributed by atoms with Crippen LogP contribution in [0.25, 0.3) is 10.9 Å². The minimum Gasteiger partial charge on any atom is -0.256 e. The number of aromatic nitrogens is 2. The predicted octanol–water partition coefficient (Wildman–Crippen LogP) is 4.09. The van der Waals surface area contributed by atoms with Crippen molar-refractivity contribution in [3.8, 4) is 0 Å². The molecule has 0 amide bonds. The smallest absolute Gasteiger partial charge is 0.256 e. The SMILES string of the molecule is O=S(=O)(c1ccccc1)N(Cc1cccc2cccnc12)c1nccs1. The number of pyridine rings is 1. The normalized spacial score (nSPS) is 11.5. The molecule has 0 aliphatic heterocycles. The van der Waals surface area contributed by atoms with Crippen LogP contribution in [-0.2, 0) is 16.6 Å². The van der Waals surface area contributed by atoms with Crippen molar-refractivity contribution in [2.24, 2.45) is 0 Å². The zero-order valence-corrected chi connectivity index (χ0v) is 15.3. The summed E-state index contributed by atoms with van der Waals surface area (Å²) >= 11 is 1.29. The van der Waals surface area contributed by atoms with Crippen LogP contribution in [0.1, 0.15) is 5.56 Å². The molecule has 26 heavy (non-hydrogen) atoms. The number of hydrogen-bond donors (Lipinski definition) is 0. The number of fused-ring (bicyclic) bond motifs is 1. The lowest BCUT2D eigenvalue weighted by Gasteiger charge is -2.22. The van der Waals surface area contributed by atoms with Gasteiger partial charge in [-0.2, -0.15) is 0 Å². The molecule has 0 spiro atoms. The molecule has 0 radical (unpaired) electrons. The van der Waals surface area contributed by atoms with E-state index in [2.05, 4.69) is 9.97 Å². The van der Waals surface area contributed by atoms with Crippen molar-refractivity contribution in [1.82, 2.24) is 9.97 Å². The highest BCUT2D eigenvalue weighted by Crippen LogP contribution is 2.29. The molecule has 0 aliphatic rings. The van der Waals surface area contributed by atoms with Crippen molar-refractivity contribution in [2.45, 2.75) is 11.4 Å². The molecule has 7 heteroatoms. The summed E-state index contributed by atoms with van der Waals surface area (Å²) in [5, 5.41) is 3.17. The summed E-state index contributed by atoms with van der Waals surface area (Å²) in [6.07, 6.45) is 3.32. The molecule has 0 fully saturated rings. The van der Waals surface area contributed by atoms with Gasteiger partial charge < -0.3 is 0 Å². The van der Waals surface area contributed by atoms with E-state index in [-0.39, 0.29) is 11.4 Å². The molecule has 4 aromatic rings. The molecule has 130 valence electrons. The van der Waals surface area contributed by atoms with Crippen molar-refractivity contribution >= 4 is 37.4 Å². The lowest BCUT2D eigenvalue weighted by Crippen LogP contribution is -2.30. The molecule has 0 saturated carbocycles. The molecule has 4 rings (SSSR count). The summed E-state index contributed by atoms with van der Waals surface area (Å²) in [5.74, 6) is 0. The minimum absolute atomic E-state index is 0.166. The number of benzene rings is 2. The maximum Gasteiger partial charge on any atom is 0.266 e. The fraction of sp³-hybridized carbons (Fsp3) is 0.0526. The van der Waals surface area contributed by atoms with Crippen LogP contribution in [0, 0.1) is 0 Å². The van der Waals surface area contributed by atoms with E-state index in [0.29, 0.717) is 5.13 Å². The Morgan fingerprint density at radius 3 is 2.46 bits per heavy atom. The van der Waals surface area contributed by atoms with Gasteiger partial charge in [0.15, 0.2) is 5.13 Å². The number of rotatable bonds is 5. The lowest BCUT2D eigenvalue weighted by molar-refractivity contribution is 0.590. The zero-order chi connectivity index (χ0) is 18.0. The number of anilines is 1.